The number of carbonyl (C=O) groups excluding carboxylic acids is 2. The Kier molecular flexibility index (Phi) is 7.47. The average Bonchev–Trinajstić information content (AvgIpc) is 3.23. The van der Waals surface area contributed by atoms with Crippen molar-refractivity contribution < 1.29 is 19.1 Å². The lowest BCUT2D eigenvalue weighted by molar-refractivity contribution is -0.180. The number of thiophene rings is 1. The van der Waals surface area contributed by atoms with Crippen molar-refractivity contribution in [1.29, 1.82) is 0 Å². The van der Waals surface area contributed by atoms with Gasteiger partial charge in [-0.1, -0.05) is 29.0 Å². The topological polar surface area (TPSA) is 114 Å². The molecule has 1 saturated heterocycles. The van der Waals surface area contributed by atoms with Gasteiger partial charge in [0.2, 0.25) is 6.23 Å². The summed E-state index contributed by atoms with van der Waals surface area (Å²) in [5.41, 5.74) is 7.50. The van der Waals surface area contributed by atoms with E-state index in [1.165, 1.54) is 22.6 Å². The Morgan fingerprint density at radius 1 is 1.26 bits per heavy atom. The van der Waals surface area contributed by atoms with Gasteiger partial charge in [-0.3, -0.25) is 14.5 Å². The molecule has 3 aromatic rings. The maximum atomic E-state index is 13.3. The van der Waals surface area contributed by atoms with Crippen molar-refractivity contribution in [2.24, 2.45) is 0 Å². The highest BCUT2D eigenvalue weighted by Crippen LogP contribution is 2.28. The zero-order chi connectivity index (χ0) is 24.2. The smallest absolute Gasteiger partial charge is 0.273 e. The average molecular weight is 505 g/mol. The van der Waals surface area contributed by atoms with Gasteiger partial charge in [0.05, 0.1) is 9.85 Å². The van der Waals surface area contributed by atoms with Gasteiger partial charge in [0.1, 0.15) is 18.9 Å². The standard InChI is InChI=1S/C22H25ClN6O4S/c1-27(2)13-33-22-21(31)28(10-14-3-4-15-16(9-14)25-12-26-20(15)24)7-8-29(22)18(30)11-32-19-6-5-17(23)34-19/h3-6,9,12,22H,7-8,10-11,13H2,1-2H3,(H2,24,25,26)/t22-/m0/s1. The number of nitrogen functional groups attached to an aromatic ring is 1. The third kappa shape index (κ3) is 5.55. The van der Waals surface area contributed by atoms with Gasteiger partial charge in [-0.2, -0.15) is 0 Å². The number of nitrogens with two attached hydrogens (primary N) is 1. The summed E-state index contributed by atoms with van der Waals surface area (Å²) in [5.74, 6) is -0.217. The number of amides is 2. The minimum Gasteiger partial charge on any atom is -0.474 e. The Labute approximate surface area is 205 Å². The van der Waals surface area contributed by atoms with E-state index in [4.69, 9.17) is 26.8 Å². The molecule has 180 valence electrons. The molecule has 0 bridgehead atoms. The molecular weight excluding hydrogens is 480 g/mol. The van der Waals surface area contributed by atoms with Crippen LogP contribution in [-0.4, -0.2) is 83.2 Å². The third-order valence-electron chi connectivity index (χ3n) is 5.22. The second-order valence-corrected chi connectivity index (χ2v) is 9.71. The quantitative estimate of drug-likeness (QED) is 0.463. The van der Waals surface area contributed by atoms with Gasteiger partial charge in [0, 0.05) is 25.0 Å². The van der Waals surface area contributed by atoms with E-state index in [-0.39, 0.29) is 25.2 Å². The van der Waals surface area contributed by atoms with Crippen molar-refractivity contribution in [1.82, 2.24) is 24.7 Å². The first-order valence-corrected chi connectivity index (χ1v) is 11.7. The highest BCUT2D eigenvalue weighted by molar-refractivity contribution is 7.17. The molecule has 1 aliphatic rings. The molecule has 4 rings (SSSR count). The van der Waals surface area contributed by atoms with Crippen LogP contribution in [0.3, 0.4) is 0 Å². The van der Waals surface area contributed by atoms with Gasteiger partial charge in [0.15, 0.2) is 11.7 Å². The minimum absolute atomic E-state index is 0.182. The Balaban J connectivity index is 1.46. The summed E-state index contributed by atoms with van der Waals surface area (Å²) >= 11 is 7.15. The van der Waals surface area contributed by atoms with Crippen LogP contribution in [0.1, 0.15) is 5.56 Å². The van der Waals surface area contributed by atoms with E-state index in [2.05, 4.69) is 9.97 Å². The van der Waals surface area contributed by atoms with E-state index >= 15 is 0 Å². The fraction of sp³-hybridized carbons (Fsp3) is 0.364. The first-order valence-electron chi connectivity index (χ1n) is 10.5. The van der Waals surface area contributed by atoms with Crippen LogP contribution >= 0.6 is 22.9 Å². The van der Waals surface area contributed by atoms with E-state index in [0.717, 1.165) is 10.9 Å². The fourth-order valence-corrected chi connectivity index (χ4v) is 4.45. The highest BCUT2D eigenvalue weighted by atomic mass is 35.5. The predicted molar refractivity (Wildman–Crippen MR) is 129 cm³/mol. The summed E-state index contributed by atoms with van der Waals surface area (Å²) in [7, 11) is 3.65. The lowest BCUT2D eigenvalue weighted by atomic mass is 10.1. The largest absolute Gasteiger partial charge is 0.474 e. The number of hydrogen-bond acceptors (Lipinski definition) is 9. The van der Waals surface area contributed by atoms with Crippen LogP contribution in [0.4, 0.5) is 5.82 Å². The van der Waals surface area contributed by atoms with Crippen LogP contribution in [0, 0.1) is 0 Å². The summed E-state index contributed by atoms with van der Waals surface area (Å²) in [6.07, 6.45) is 0.367. The van der Waals surface area contributed by atoms with Crippen LogP contribution in [0.15, 0.2) is 36.7 Å². The molecule has 10 nitrogen and oxygen atoms in total. The number of hydrogen-bond donors (Lipinski definition) is 1. The summed E-state index contributed by atoms with van der Waals surface area (Å²) in [4.78, 5) is 39.4. The van der Waals surface area contributed by atoms with Crippen LogP contribution in [0.5, 0.6) is 5.06 Å². The number of anilines is 1. The number of benzene rings is 1. The lowest BCUT2D eigenvalue weighted by Crippen LogP contribution is -2.60. The summed E-state index contributed by atoms with van der Waals surface area (Å²) in [5, 5.41) is 1.29. The molecule has 1 aromatic carbocycles. The predicted octanol–water partition coefficient (Wildman–Crippen LogP) is 2.04. The first kappa shape index (κ1) is 24.1. The number of aromatic nitrogens is 2. The third-order valence-corrected chi connectivity index (χ3v) is 6.36. The molecule has 1 atom stereocenters. The zero-order valence-corrected chi connectivity index (χ0v) is 20.4. The first-order chi connectivity index (χ1) is 16.3. The van der Waals surface area contributed by atoms with E-state index in [0.29, 0.717) is 40.4 Å². The van der Waals surface area contributed by atoms with Crippen LogP contribution < -0.4 is 10.5 Å². The summed E-state index contributed by atoms with van der Waals surface area (Å²) in [6.45, 7) is 1.01. The van der Waals surface area contributed by atoms with Crippen LogP contribution in [0.2, 0.25) is 4.34 Å². The molecule has 1 aliphatic heterocycles. The van der Waals surface area contributed by atoms with Crippen molar-refractivity contribution in [2.75, 3.05) is 46.3 Å². The minimum atomic E-state index is -1.04. The molecule has 12 heteroatoms. The van der Waals surface area contributed by atoms with E-state index in [1.54, 1.807) is 21.9 Å². The Morgan fingerprint density at radius 2 is 2.09 bits per heavy atom. The molecule has 0 radical (unpaired) electrons. The molecule has 34 heavy (non-hydrogen) atoms. The van der Waals surface area contributed by atoms with Crippen molar-refractivity contribution in [3.63, 3.8) is 0 Å². The Morgan fingerprint density at radius 3 is 2.82 bits per heavy atom. The van der Waals surface area contributed by atoms with Gasteiger partial charge in [-0.25, -0.2) is 9.97 Å². The number of halogens is 1. The molecular formula is C22H25ClN6O4S. The normalized spacial score (nSPS) is 16.5. The molecule has 3 heterocycles. The monoisotopic (exact) mass is 504 g/mol. The van der Waals surface area contributed by atoms with Gasteiger partial charge >= 0.3 is 0 Å². The van der Waals surface area contributed by atoms with Crippen molar-refractivity contribution in [3.8, 4) is 5.06 Å². The van der Waals surface area contributed by atoms with Gasteiger partial charge in [0.25, 0.3) is 11.8 Å². The molecule has 2 N–H and O–H groups in total. The number of carbonyl (C=O) groups is 2. The Hall–Kier alpha value is -2.99. The molecule has 0 saturated carbocycles. The SMILES string of the molecule is CN(C)CO[C@H]1C(=O)N(Cc2ccc3c(N)ncnc3c2)CCN1C(=O)COc1ccc(Cl)s1. The molecule has 0 unspecified atom stereocenters. The number of rotatable bonds is 8. The maximum absolute atomic E-state index is 13.3. The maximum Gasteiger partial charge on any atom is 0.273 e. The van der Waals surface area contributed by atoms with Gasteiger partial charge in [-0.05, 0) is 43.9 Å². The second kappa shape index (κ2) is 10.5. The fourth-order valence-electron chi connectivity index (χ4n) is 3.57. The number of piperazine rings is 1. The molecule has 2 aromatic heterocycles. The van der Waals surface area contributed by atoms with Crippen molar-refractivity contribution >= 4 is 51.5 Å². The lowest BCUT2D eigenvalue weighted by Gasteiger charge is -2.40. The molecule has 2 amide bonds. The molecule has 0 aliphatic carbocycles. The molecule has 0 spiro atoms. The second-order valence-electron chi connectivity index (χ2n) is 8.03. The van der Waals surface area contributed by atoms with Crippen LogP contribution in [0.25, 0.3) is 10.9 Å². The van der Waals surface area contributed by atoms with Gasteiger partial charge in [-0.15, -0.1) is 0 Å². The number of fused-ring (bicyclic) bond motifs is 1. The van der Waals surface area contributed by atoms with Crippen molar-refractivity contribution in [2.45, 2.75) is 12.8 Å². The zero-order valence-electron chi connectivity index (χ0n) is 18.8. The summed E-state index contributed by atoms with van der Waals surface area (Å²) in [6, 6.07) is 9.02. The van der Waals surface area contributed by atoms with Crippen molar-refractivity contribution in [3.05, 3.63) is 46.6 Å². The van der Waals surface area contributed by atoms with Gasteiger partial charge < -0.3 is 25.0 Å². The highest BCUT2D eigenvalue weighted by Gasteiger charge is 2.38. The van der Waals surface area contributed by atoms with E-state index in [1.807, 2.05) is 32.3 Å². The van der Waals surface area contributed by atoms with E-state index in [9.17, 15) is 9.59 Å². The number of nitrogens with zero attached hydrogens (tertiary/aromatic N) is 5. The Bertz CT molecular complexity index is 1190. The number of ether oxygens (including phenoxy) is 2. The summed E-state index contributed by atoms with van der Waals surface area (Å²) < 4.78 is 12.0. The van der Waals surface area contributed by atoms with Crippen LogP contribution in [-0.2, 0) is 20.9 Å². The van der Waals surface area contributed by atoms with E-state index < -0.39 is 6.23 Å². The molecule has 1 fully saturated rings.